The number of nitrogens with one attached hydrogen (secondary N) is 1. The van der Waals surface area contributed by atoms with Crippen molar-refractivity contribution in [1.82, 2.24) is 5.32 Å². The van der Waals surface area contributed by atoms with Gasteiger partial charge in [-0.25, -0.2) is 4.39 Å². The Labute approximate surface area is 120 Å². The van der Waals surface area contributed by atoms with Crippen LogP contribution in [0.4, 0.5) is 15.8 Å². The predicted molar refractivity (Wildman–Crippen MR) is 83.1 cm³/mol. The highest BCUT2D eigenvalue weighted by Crippen LogP contribution is 2.33. The van der Waals surface area contributed by atoms with Crippen LogP contribution in [0.15, 0.2) is 42.5 Å². The monoisotopic (exact) mass is 272 g/mol. The van der Waals surface area contributed by atoms with Crippen molar-refractivity contribution in [2.45, 2.75) is 19.9 Å². The number of aryl methyl sites for hydroxylation is 1. The Morgan fingerprint density at radius 2 is 1.75 bits per heavy atom. The lowest BCUT2D eigenvalue weighted by molar-refractivity contribution is 0.608. The molecule has 0 aromatic heterocycles. The molecule has 0 saturated heterocycles. The summed E-state index contributed by atoms with van der Waals surface area (Å²) in [6.45, 7) is 4.07. The van der Waals surface area contributed by atoms with Crippen LogP contribution < -0.4 is 10.2 Å². The van der Waals surface area contributed by atoms with Gasteiger partial charge in [-0.1, -0.05) is 29.8 Å². The van der Waals surface area contributed by atoms with Crippen LogP contribution in [0.1, 0.15) is 24.1 Å². The highest BCUT2D eigenvalue weighted by Gasteiger charge is 2.17. The largest absolute Gasteiger partial charge is 0.342 e. The van der Waals surface area contributed by atoms with E-state index in [4.69, 9.17) is 0 Å². The summed E-state index contributed by atoms with van der Waals surface area (Å²) in [6, 6.07) is 13.4. The van der Waals surface area contributed by atoms with Crippen molar-refractivity contribution in [3.8, 4) is 0 Å². The number of para-hydroxylation sites is 1. The number of hydrogen-bond donors (Lipinski definition) is 1. The van der Waals surface area contributed by atoms with Gasteiger partial charge in [-0.3, -0.25) is 0 Å². The van der Waals surface area contributed by atoms with Gasteiger partial charge in [-0.2, -0.15) is 0 Å². The Bertz CT molecular complexity index is 578. The van der Waals surface area contributed by atoms with E-state index in [0.29, 0.717) is 5.69 Å². The molecule has 2 aromatic rings. The Morgan fingerprint density at radius 3 is 2.35 bits per heavy atom. The third-order valence-electron chi connectivity index (χ3n) is 3.67. The molecule has 0 fully saturated rings. The predicted octanol–water partition coefficient (Wildman–Crippen LogP) is 4.18. The molecule has 2 aromatic carbocycles. The van der Waals surface area contributed by atoms with Crippen LogP contribution >= 0.6 is 0 Å². The fourth-order valence-corrected chi connectivity index (χ4v) is 2.29. The van der Waals surface area contributed by atoms with Crippen molar-refractivity contribution in [3.63, 3.8) is 0 Å². The van der Waals surface area contributed by atoms with Crippen molar-refractivity contribution in [2.75, 3.05) is 19.0 Å². The lowest BCUT2D eigenvalue weighted by Gasteiger charge is -2.25. The van der Waals surface area contributed by atoms with E-state index in [1.807, 2.05) is 63.2 Å². The number of anilines is 2. The molecule has 0 aliphatic carbocycles. The zero-order valence-electron chi connectivity index (χ0n) is 12.4. The molecule has 3 heteroatoms. The van der Waals surface area contributed by atoms with Gasteiger partial charge in [0, 0.05) is 18.8 Å². The van der Waals surface area contributed by atoms with Gasteiger partial charge in [-0.15, -0.1) is 0 Å². The third-order valence-corrected chi connectivity index (χ3v) is 3.67. The van der Waals surface area contributed by atoms with Crippen LogP contribution in [-0.4, -0.2) is 14.1 Å². The van der Waals surface area contributed by atoms with Gasteiger partial charge in [-0.05, 0) is 44.7 Å². The maximum absolute atomic E-state index is 14.3. The second-order valence-electron chi connectivity index (χ2n) is 5.08. The van der Waals surface area contributed by atoms with Gasteiger partial charge in [0.15, 0.2) is 0 Å². The van der Waals surface area contributed by atoms with Crippen LogP contribution in [0, 0.1) is 12.7 Å². The molecule has 2 rings (SSSR count). The van der Waals surface area contributed by atoms with Gasteiger partial charge in [0.1, 0.15) is 5.82 Å². The quantitative estimate of drug-likeness (QED) is 0.898. The molecule has 1 unspecified atom stereocenters. The zero-order chi connectivity index (χ0) is 14.7. The average molecular weight is 272 g/mol. The first-order valence-electron chi connectivity index (χ1n) is 6.80. The van der Waals surface area contributed by atoms with Gasteiger partial charge in [0.25, 0.3) is 0 Å². The summed E-state index contributed by atoms with van der Waals surface area (Å²) in [5.74, 6) is -0.201. The minimum atomic E-state index is -0.201. The number of hydrogen-bond acceptors (Lipinski definition) is 2. The summed E-state index contributed by atoms with van der Waals surface area (Å²) in [5, 5.41) is 3.17. The molecule has 0 aliphatic heterocycles. The highest BCUT2D eigenvalue weighted by atomic mass is 19.1. The molecule has 0 saturated carbocycles. The first-order chi connectivity index (χ1) is 9.54. The lowest BCUT2D eigenvalue weighted by Crippen LogP contribution is -2.19. The molecule has 0 heterocycles. The van der Waals surface area contributed by atoms with Crippen molar-refractivity contribution in [1.29, 1.82) is 0 Å². The number of rotatable bonds is 4. The summed E-state index contributed by atoms with van der Waals surface area (Å²) in [7, 11) is 3.78. The molecule has 20 heavy (non-hydrogen) atoms. The van der Waals surface area contributed by atoms with Crippen LogP contribution in [0.25, 0.3) is 0 Å². The van der Waals surface area contributed by atoms with Crippen LogP contribution in [0.3, 0.4) is 0 Å². The zero-order valence-corrected chi connectivity index (χ0v) is 12.4. The standard InChI is InChI=1S/C17H21FN2/c1-12-8-10-14(11-9-12)20(4)17-15(13(2)19-3)6-5-7-16(17)18/h5-11,13,19H,1-4H3. The van der Waals surface area contributed by atoms with Gasteiger partial charge >= 0.3 is 0 Å². The Balaban J connectivity index is 2.48. The van der Waals surface area contributed by atoms with E-state index in [1.165, 1.54) is 11.6 Å². The molecular formula is C17H21FN2. The van der Waals surface area contributed by atoms with Crippen molar-refractivity contribution < 1.29 is 4.39 Å². The van der Waals surface area contributed by atoms with Crippen molar-refractivity contribution >= 4 is 11.4 Å². The average Bonchev–Trinajstić information content (AvgIpc) is 2.46. The van der Waals surface area contributed by atoms with Crippen molar-refractivity contribution in [2.24, 2.45) is 0 Å². The maximum Gasteiger partial charge on any atom is 0.147 e. The number of benzene rings is 2. The Hall–Kier alpha value is -1.87. The summed E-state index contributed by atoms with van der Waals surface area (Å²) in [6.07, 6.45) is 0. The van der Waals surface area contributed by atoms with E-state index in [9.17, 15) is 4.39 Å². The van der Waals surface area contributed by atoms with Gasteiger partial charge in [0.05, 0.1) is 5.69 Å². The molecular weight excluding hydrogens is 251 g/mol. The molecule has 0 spiro atoms. The smallest absolute Gasteiger partial charge is 0.147 e. The summed E-state index contributed by atoms with van der Waals surface area (Å²) in [4.78, 5) is 1.90. The molecule has 1 atom stereocenters. The summed E-state index contributed by atoms with van der Waals surface area (Å²) >= 11 is 0. The second-order valence-corrected chi connectivity index (χ2v) is 5.08. The normalized spacial score (nSPS) is 12.2. The van der Waals surface area contributed by atoms with E-state index < -0.39 is 0 Å². The van der Waals surface area contributed by atoms with E-state index in [-0.39, 0.29) is 11.9 Å². The molecule has 2 nitrogen and oxygen atoms in total. The minimum Gasteiger partial charge on any atom is -0.342 e. The Kier molecular flexibility index (Phi) is 4.40. The lowest BCUT2D eigenvalue weighted by atomic mass is 10.0. The number of nitrogens with zero attached hydrogens (tertiary/aromatic N) is 1. The molecule has 0 radical (unpaired) electrons. The third kappa shape index (κ3) is 2.83. The van der Waals surface area contributed by atoms with E-state index in [1.54, 1.807) is 6.07 Å². The molecule has 0 bridgehead atoms. The summed E-state index contributed by atoms with van der Waals surface area (Å²) in [5.41, 5.74) is 3.75. The van der Waals surface area contributed by atoms with Crippen LogP contribution in [0.2, 0.25) is 0 Å². The fourth-order valence-electron chi connectivity index (χ4n) is 2.29. The molecule has 1 N–H and O–H groups in total. The maximum atomic E-state index is 14.3. The fraction of sp³-hybridized carbons (Fsp3) is 0.294. The van der Waals surface area contributed by atoms with Gasteiger partial charge in [0.2, 0.25) is 0 Å². The SMILES string of the molecule is CNC(C)c1cccc(F)c1N(C)c1ccc(C)cc1. The highest BCUT2D eigenvalue weighted by molar-refractivity contribution is 5.67. The first kappa shape index (κ1) is 14.5. The topological polar surface area (TPSA) is 15.3 Å². The van der Waals surface area contributed by atoms with Crippen LogP contribution in [-0.2, 0) is 0 Å². The Morgan fingerprint density at radius 1 is 1.10 bits per heavy atom. The molecule has 0 amide bonds. The molecule has 106 valence electrons. The van der Waals surface area contributed by atoms with Crippen molar-refractivity contribution in [3.05, 3.63) is 59.4 Å². The van der Waals surface area contributed by atoms with Gasteiger partial charge < -0.3 is 10.2 Å². The first-order valence-corrected chi connectivity index (χ1v) is 6.80. The van der Waals surface area contributed by atoms with E-state index in [2.05, 4.69) is 5.32 Å². The van der Waals surface area contributed by atoms with E-state index >= 15 is 0 Å². The van der Waals surface area contributed by atoms with E-state index in [0.717, 1.165) is 11.3 Å². The molecule has 0 aliphatic rings. The number of halogens is 1. The second kappa shape index (κ2) is 6.06. The van der Waals surface area contributed by atoms with Crippen LogP contribution in [0.5, 0.6) is 0 Å². The summed E-state index contributed by atoms with van der Waals surface area (Å²) < 4.78 is 14.3. The minimum absolute atomic E-state index is 0.0913.